The predicted octanol–water partition coefficient (Wildman–Crippen LogP) is 4.39. The van der Waals surface area contributed by atoms with Crippen molar-refractivity contribution in [1.82, 2.24) is 9.38 Å². The summed E-state index contributed by atoms with van der Waals surface area (Å²) in [6, 6.07) is 8.36. The van der Waals surface area contributed by atoms with E-state index in [4.69, 9.17) is 0 Å². The smallest absolute Gasteiger partial charge is 0.137 e. The maximum atomic E-state index is 4.62. The van der Waals surface area contributed by atoms with Crippen molar-refractivity contribution in [3.8, 4) is 10.6 Å². The minimum Gasteiger partial charge on any atom is -0.305 e. The quantitative estimate of drug-likeness (QED) is 0.686. The van der Waals surface area contributed by atoms with E-state index in [0.717, 1.165) is 22.2 Å². The number of rotatable bonds is 2. The summed E-state index contributed by atoms with van der Waals surface area (Å²) in [5.74, 6) is 0. The number of halogens is 1. The number of thiophene rings is 1. The average Bonchev–Trinajstić information content (AvgIpc) is 2.93. The van der Waals surface area contributed by atoms with Crippen molar-refractivity contribution in [2.75, 3.05) is 0 Å². The molecule has 0 unspecified atom stereocenters. The van der Waals surface area contributed by atoms with Crippen LogP contribution in [0.1, 0.15) is 11.8 Å². The number of aromatic nitrogens is 2. The molecule has 3 heterocycles. The number of hydrogen-bond donors (Lipinski definition) is 0. The van der Waals surface area contributed by atoms with E-state index in [1.807, 2.05) is 34.1 Å². The van der Waals surface area contributed by atoms with Crippen LogP contribution in [0.5, 0.6) is 0 Å². The monoisotopic (exact) mass is 306 g/mol. The second-order valence-corrected chi connectivity index (χ2v) is 5.94. The van der Waals surface area contributed by atoms with Crippen LogP contribution in [0.2, 0.25) is 0 Å². The predicted molar refractivity (Wildman–Crippen MR) is 75.6 cm³/mol. The minimum absolute atomic E-state index is 0.981. The Hall–Kier alpha value is -1.13. The van der Waals surface area contributed by atoms with E-state index in [-0.39, 0.29) is 0 Å². The Labute approximate surface area is 112 Å². The lowest BCUT2D eigenvalue weighted by atomic mass is 10.3. The van der Waals surface area contributed by atoms with Crippen LogP contribution in [-0.4, -0.2) is 9.38 Å². The van der Waals surface area contributed by atoms with Gasteiger partial charge < -0.3 is 4.40 Å². The molecular formula is C13H11BrN2S. The Morgan fingerprint density at radius 2 is 2.12 bits per heavy atom. The second-order valence-electron chi connectivity index (χ2n) is 3.86. The van der Waals surface area contributed by atoms with Crippen molar-refractivity contribution in [1.29, 1.82) is 0 Å². The molecule has 0 aromatic carbocycles. The summed E-state index contributed by atoms with van der Waals surface area (Å²) >= 11 is 5.29. The highest BCUT2D eigenvalue weighted by atomic mass is 79.9. The molecule has 4 heteroatoms. The third-order valence-corrected chi connectivity index (χ3v) is 4.40. The summed E-state index contributed by atoms with van der Waals surface area (Å²) in [7, 11) is 0. The number of pyridine rings is 1. The largest absolute Gasteiger partial charge is 0.305 e. The van der Waals surface area contributed by atoms with Crippen LogP contribution in [0.4, 0.5) is 0 Å². The molecule has 86 valence electrons. The molecule has 3 aromatic rings. The summed E-state index contributed by atoms with van der Waals surface area (Å²) in [5, 5.41) is 0. The highest BCUT2D eigenvalue weighted by Gasteiger charge is 2.06. The van der Waals surface area contributed by atoms with Gasteiger partial charge in [0.2, 0.25) is 0 Å². The summed E-state index contributed by atoms with van der Waals surface area (Å²) in [6.45, 7) is 2.18. The molecule has 0 saturated heterocycles. The molecule has 0 atom stereocenters. The maximum Gasteiger partial charge on any atom is 0.137 e. The standard InChI is InChI=1S/C13H11BrN2S/c1-2-10-4-5-12(17-10)11-8-16-7-9(14)3-6-13(16)15-11/h3-8H,2H2,1H3. The van der Waals surface area contributed by atoms with Crippen molar-refractivity contribution in [3.63, 3.8) is 0 Å². The van der Waals surface area contributed by atoms with Gasteiger partial charge >= 0.3 is 0 Å². The van der Waals surface area contributed by atoms with Gasteiger partial charge in [0.15, 0.2) is 0 Å². The van der Waals surface area contributed by atoms with E-state index in [0.29, 0.717) is 0 Å². The molecular weight excluding hydrogens is 296 g/mol. The summed E-state index contributed by atoms with van der Waals surface area (Å²) in [6.07, 6.45) is 5.19. The van der Waals surface area contributed by atoms with E-state index < -0.39 is 0 Å². The zero-order valence-electron chi connectivity index (χ0n) is 9.35. The SMILES string of the molecule is CCc1ccc(-c2cn3cc(Br)ccc3n2)s1. The first-order valence-corrected chi connectivity index (χ1v) is 7.10. The van der Waals surface area contributed by atoms with Gasteiger partial charge in [0.25, 0.3) is 0 Å². The van der Waals surface area contributed by atoms with Crippen LogP contribution in [0.15, 0.2) is 41.1 Å². The molecule has 0 spiro atoms. The Balaban J connectivity index is 2.11. The summed E-state index contributed by atoms with van der Waals surface area (Å²) < 4.78 is 3.11. The topological polar surface area (TPSA) is 17.3 Å². The van der Waals surface area contributed by atoms with Gasteiger partial charge in [0.05, 0.1) is 10.6 Å². The Kier molecular flexibility index (Phi) is 2.76. The molecule has 0 aliphatic heterocycles. The van der Waals surface area contributed by atoms with Crippen molar-refractivity contribution in [2.45, 2.75) is 13.3 Å². The van der Waals surface area contributed by atoms with Gasteiger partial charge in [-0.15, -0.1) is 11.3 Å². The van der Waals surface area contributed by atoms with Gasteiger partial charge in [0.1, 0.15) is 5.65 Å². The minimum atomic E-state index is 0.981. The van der Waals surface area contributed by atoms with Gasteiger partial charge in [-0.05, 0) is 46.6 Å². The fourth-order valence-corrected chi connectivity index (χ4v) is 3.04. The fraction of sp³-hybridized carbons (Fsp3) is 0.154. The average molecular weight is 307 g/mol. The van der Waals surface area contributed by atoms with Crippen LogP contribution in [0.3, 0.4) is 0 Å². The highest BCUT2D eigenvalue weighted by molar-refractivity contribution is 9.10. The molecule has 2 nitrogen and oxygen atoms in total. The zero-order chi connectivity index (χ0) is 11.8. The lowest BCUT2D eigenvalue weighted by molar-refractivity contribution is 1.17. The molecule has 3 aromatic heterocycles. The number of aryl methyl sites for hydroxylation is 1. The van der Waals surface area contributed by atoms with Crippen LogP contribution in [-0.2, 0) is 6.42 Å². The van der Waals surface area contributed by atoms with Gasteiger partial charge in [0, 0.05) is 21.7 Å². The molecule has 0 fully saturated rings. The van der Waals surface area contributed by atoms with Crippen molar-refractivity contribution >= 4 is 32.9 Å². The normalized spacial score (nSPS) is 11.2. The van der Waals surface area contributed by atoms with Crippen LogP contribution in [0.25, 0.3) is 16.2 Å². The van der Waals surface area contributed by atoms with E-state index in [9.17, 15) is 0 Å². The Morgan fingerprint density at radius 3 is 2.88 bits per heavy atom. The van der Waals surface area contributed by atoms with Gasteiger partial charge in [-0.25, -0.2) is 4.98 Å². The Bertz CT molecular complexity index is 669. The molecule has 3 rings (SSSR count). The Morgan fingerprint density at radius 1 is 1.24 bits per heavy atom. The fourth-order valence-electron chi connectivity index (χ4n) is 1.79. The number of nitrogens with zero attached hydrogens (tertiary/aromatic N) is 2. The van der Waals surface area contributed by atoms with Gasteiger partial charge in [-0.2, -0.15) is 0 Å². The van der Waals surface area contributed by atoms with E-state index in [2.05, 4.69) is 46.2 Å². The molecule has 0 aliphatic rings. The van der Waals surface area contributed by atoms with Crippen LogP contribution >= 0.6 is 27.3 Å². The van der Waals surface area contributed by atoms with E-state index in [1.54, 1.807) is 0 Å². The van der Waals surface area contributed by atoms with Crippen molar-refractivity contribution < 1.29 is 0 Å². The third-order valence-electron chi connectivity index (χ3n) is 2.68. The van der Waals surface area contributed by atoms with E-state index in [1.165, 1.54) is 9.75 Å². The first-order chi connectivity index (χ1) is 8.26. The van der Waals surface area contributed by atoms with Crippen LogP contribution < -0.4 is 0 Å². The lowest BCUT2D eigenvalue weighted by Crippen LogP contribution is -1.80. The van der Waals surface area contributed by atoms with E-state index >= 15 is 0 Å². The van der Waals surface area contributed by atoms with Crippen molar-refractivity contribution in [3.05, 3.63) is 46.0 Å². The van der Waals surface area contributed by atoms with Gasteiger partial charge in [-0.3, -0.25) is 0 Å². The highest BCUT2D eigenvalue weighted by Crippen LogP contribution is 2.28. The first kappa shape index (κ1) is 11.0. The van der Waals surface area contributed by atoms with Crippen molar-refractivity contribution in [2.24, 2.45) is 0 Å². The van der Waals surface area contributed by atoms with Crippen LogP contribution in [0, 0.1) is 0 Å². The lowest BCUT2D eigenvalue weighted by Gasteiger charge is -1.91. The second kappa shape index (κ2) is 4.27. The molecule has 0 N–H and O–H groups in total. The summed E-state index contributed by atoms with van der Waals surface area (Å²) in [5.41, 5.74) is 2.03. The molecule has 0 radical (unpaired) electrons. The maximum absolute atomic E-state index is 4.62. The molecule has 17 heavy (non-hydrogen) atoms. The molecule has 0 aliphatic carbocycles. The number of imidazole rings is 1. The molecule has 0 saturated carbocycles. The first-order valence-electron chi connectivity index (χ1n) is 5.49. The summed E-state index contributed by atoms with van der Waals surface area (Å²) in [4.78, 5) is 7.26. The number of hydrogen-bond acceptors (Lipinski definition) is 2. The third kappa shape index (κ3) is 2.03. The zero-order valence-corrected chi connectivity index (χ0v) is 11.8. The molecule has 0 amide bonds. The van der Waals surface area contributed by atoms with Gasteiger partial charge in [-0.1, -0.05) is 6.92 Å². The molecule has 0 bridgehead atoms. The number of fused-ring (bicyclic) bond motifs is 1.